The molecule has 2 fully saturated rings. The van der Waals surface area contributed by atoms with Crippen LogP contribution in [0.15, 0.2) is 30.3 Å². The number of nitrogens with zero attached hydrogens (tertiary/aromatic N) is 1. The molecule has 5 nitrogen and oxygen atoms in total. The summed E-state index contributed by atoms with van der Waals surface area (Å²) in [6, 6.07) is 9.80. The first-order valence-corrected chi connectivity index (χ1v) is 9.94. The Balaban J connectivity index is 0.00000261. The van der Waals surface area contributed by atoms with E-state index in [9.17, 15) is 9.59 Å². The van der Waals surface area contributed by atoms with Gasteiger partial charge in [-0.1, -0.05) is 49.6 Å². The van der Waals surface area contributed by atoms with Gasteiger partial charge in [-0.05, 0) is 37.8 Å². The van der Waals surface area contributed by atoms with Crippen LogP contribution in [0.1, 0.15) is 50.5 Å². The van der Waals surface area contributed by atoms with Gasteiger partial charge >= 0.3 is 0 Å². The van der Waals surface area contributed by atoms with Crippen LogP contribution >= 0.6 is 12.4 Å². The van der Waals surface area contributed by atoms with Gasteiger partial charge < -0.3 is 16.0 Å². The standard InChI is InChI=1S/C21H31N3O2.ClH/c1-15(23-20(25)17-10-6-3-7-11-17)21(26)24-13-18(12-22)19(14-24)16-8-4-2-5-9-16;/h2,4-5,8-9,15,17-19H,3,6-7,10-14,22H2,1H3,(H,23,25);1H/t15-,18+,19-;/m0./s1. The van der Waals surface area contributed by atoms with E-state index in [0.29, 0.717) is 19.6 Å². The fourth-order valence-electron chi connectivity index (χ4n) is 4.40. The zero-order valence-corrected chi connectivity index (χ0v) is 16.9. The van der Waals surface area contributed by atoms with E-state index in [-0.39, 0.29) is 42.0 Å². The lowest BCUT2D eigenvalue weighted by molar-refractivity contribution is -0.136. The molecule has 3 rings (SSSR count). The summed E-state index contributed by atoms with van der Waals surface area (Å²) in [5.41, 5.74) is 7.20. The van der Waals surface area contributed by atoms with Gasteiger partial charge in [0.05, 0.1) is 0 Å². The maximum Gasteiger partial charge on any atom is 0.244 e. The molecule has 0 spiro atoms. The number of nitrogens with one attached hydrogen (secondary N) is 1. The van der Waals surface area contributed by atoms with Crippen molar-refractivity contribution in [3.63, 3.8) is 0 Å². The molecule has 150 valence electrons. The number of benzene rings is 1. The number of likely N-dealkylation sites (tertiary alicyclic amines) is 1. The zero-order chi connectivity index (χ0) is 18.5. The summed E-state index contributed by atoms with van der Waals surface area (Å²) in [5, 5.41) is 2.95. The number of carbonyl (C=O) groups is 2. The van der Waals surface area contributed by atoms with Crippen molar-refractivity contribution in [2.45, 2.75) is 51.0 Å². The lowest BCUT2D eigenvalue weighted by Gasteiger charge is -2.25. The summed E-state index contributed by atoms with van der Waals surface area (Å²) in [6.07, 6.45) is 5.34. The lowest BCUT2D eigenvalue weighted by Crippen LogP contribution is -2.48. The Morgan fingerprint density at radius 2 is 1.81 bits per heavy atom. The Morgan fingerprint density at radius 3 is 2.44 bits per heavy atom. The average molecular weight is 394 g/mol. The number of amides is 2. The van der Waals surface area contributed by atoms with Crippen molar-refractivity contribution < 1.29 is 9.59 Å². The molecule has 1 saturated heterocycles. The molecule has 0 aromatic heterocycles. The van der Waals surface area contributed by atoms with E-state index in [1.54, 1.807) is 6.92 Å². The highest BCUT2D eigenvalue weighted by Gasteiger charge is 2.37. The molecular formula is C21H32ClN3O2. The number of rotatable bonds is 5. The Morgan fingerprint density at radius 1 is 1.15 bits per heavy atom. The molecule has 3 atom stereocenters. The van der Waals surface area contributed by atoms with Crippen LogP contribution in [-0.4, -0.2) is 42.4 Å². The minimum absolute atomic E-state index is 0. The van der Waals surface area contributed by atoms with Crippen LogP contribution in [0.25, 0.3) is 0 Å². The highest BCUT2D eigenvalue weighted by Crippen LogP contribution is 2.32. The van der Waals surface area contributed by atoms with Gasteiger partial charge in [0.2, 0.25) is 11.8 Å². The van der Waals surface area contributed by atoms with Gasteiger partial charge in [0, 0.05) is 24.9 Å². The first kappa shape index (κ1) is 21.7. The lowest BCUT2D eigenvalue weighted by atomic mass is 9.88. The molecule has 3 N–H and O–H groups in total. The number of hydrogen-bond acceptors (Lipinski definition) is 3. The van der Waals surface area contributed by atoms with Crippen LogP contribution in [0.4, 0.5) is 0 Å². The predicted octanol–water partition coefficient (Wildman–Crippen LogP) is 2.69. The van der Waals surface area contributed by atoms with E-state index in [0.717, 1.165) is 25.7 Å². The van der Waals surface area contributed by atoms with Crippen LogP contribution in [0, 0.1) is 11.8 Å². The number of nitrogens with two attached hydrogens (primary N) is 1. The second-order valence-electron chi connectivity index (χ2n) is 7.82. The van der Waals surface area contributed by atoms with E-state index in [4.69, 9.17) is 5.73 Å². The van der Waals surface area contributed by atoms with Gasteiger partial charge in [-0.15, -0.1) is 12.4 Å². The molecule has 1 aliphatic heterocycles. The minimum atomic E-state index is -0.475. The summed E-state index contributed by atoms with van der Waals surface area (Å²) in [7, 11) is 0. The zero-order valence-electron chi connectivity index (χ0n) is 16.1. The summed E-state index contributed by atoms with van der Waals surface area (Å²) >= 11 is 0. The molecule has 0 bridgehead atoms. The second kappa shape index (κ2) is 10.1. The third-order valence-electron chi connectivity index (χ3n) is 5.99. The van der Waals surface area contributed by atoms with Crippen LogP contribution < -0.4 is 11.1 Å². The van der Waals surface area contributed by atoms with Crippen LogP contribution in [0.3, 0.4) is 0 Å². The molecule has 27 heavy (non-hydrogen) atoms. The van der Waals surface area contributed by atoms with Crippen molar-refractivity contribution >= 4 is 24.2 Å². The van der Waals surface area contributed by atoms with Crippen molar-refractivity contribution in [3.8, 4) is 0 Å². The molecule has 6 heteroatoms. The SMILES string of the molecule is C[C@H](NC(=O)C1CCCCC1)C(=O)N1C[C@@H](CN)[C@H](c2ccccc2)C1.Cl. The fourth-order valence-corrected chi connectivity index (χ4v) is 4.40. The highest BCUT2D eigenvalue weighted by atomic mass is 35.5. The van der Waals surface area contributed by atoms with Gasteiger partial charge in [0.1, 0.15) is 6.04 Å². The van der Waals surface area contributed by atoms with E-state index in [1.165, 1.54) is 12.0 Å². The van der Waals surface area contributed by atoms with E-state index in [1.807, 2.05) is 23.1 Å². The highest BCUT2D eigenvalue weighted by molar-refractivity contribution is 5.88. The molecule has 1 aromatic rings. The number of halogens is 1. The van der Waals surface area contributed by atoms with Crippen LogP contribution in [0.5, 0.6) is 0 Å². The second-order valence-corrected chi connectivity index (χ2v) is 7.82. The molecule has 1 heterocycles. The van der Waals surface area contributed by atoms with Crippen molar-refractivity contribution in [2.24, 2.45) is 17.6 Å². The first-order valence-electron chi connectivity index (χ1n) is 9.94. The number of carbonyl (C=O) groups excluding carboxylic acids is 2. The third-order valence-corrected chi connectivity index (χ3v) is 5.99. The quantitative estimate of drug-likeness (QED) is 0.807. The Hall–Kier alpha value is -1.59. The molecule has 0 radical (unpaired) electrons. The number of hydrogen-bond donors (Lipinski definition) is 2. The molecule has 2 amide bonds. The van der Waals surface area contributed by atoms with Gasteiger partial charge in [0.15, 0.2) is 0 Å². The molecule has 1 aliphatic carbocycles. The van der Waals surface area contributed by atoms with Crippen LogP contribution in [-0.2, 0) is 9.59 Å². The van der Waals surface area contributed by atoms with Gasteiger partial charge in [-0.2, -0.15) is 0 Å². The fraction of sp³-hybridized carbons (Fsp3) is 0.619. The third kappa shape index (κ3) is 5.23. The predicted molar refractivity (Wildman–Crippen MR) is 110 cm³/mol. The smallest absolute Gasteiger partial charge is 0.244 e. The molecule has 0 unspecified atom stereocenters. The Kier molecular flexibility index (Phi) is 8.11. The summed E-state index contributed by atoms with van der Waals surface area (Å²) < 4.78 is 0. The van der Waals surface area contributed by atoms with Crippen molar-refractivity contribution in [1.29, 1.82) is 0 Å². The van der Waals surface area contributed by atoms with E-state index >= 15 is 0 Å². The topological polar surface area (TPSA) is 75.4 Å². The maximum atomic E-state index is 12.9. The maximum absolute atomic E-state index is 12.9. The molecular weight excluding hydrogens is 362 g/mol. The normalized spacial score (nSPS) is 24.1. The summed E-state index contributed by atoms with van der Waals surface area (Å²) in [4.78, 5) is 27.2. The van der Waals surface area contributed by atoms with Crippen molar-refractivity contribution in [2.75, 3.05) is 19.6 Å². The van der Waals surface area contributed by atoms with Crippen LogP contribution in [0.2, 0.25) is 0 Å². The molecule has 2 aliphatic rings. The minimum Gasteiger partial charge on any atom is -0.344 e. The van der Waals surface area contributed by atoms with E-state index in [2.05, 4.69) is 17.4 Å². The molecule has 1 aromatic carbocycles. The van der Waals surface area contributed by atoms with Crippen molar-refractivity contribution in [1.82, 2.24) is 10.2 Å². The van der Waals surface area contributed by atoms with Gasteiger partial charge in [-0.3, -0.25) is 9.59 Å². The van der Waals surface area contributed by atoms with Gasteiger partial charge in [0.25, 0.3) is 0 Å². The Bertz CT molecular complexity index is 619. The largest absolute Gasteiger partial charge is 0.344 e. The van der Waals surface area contributed by atoms with Crippen molar-refractivity contribution in [3.05, 3.63) is 35.9 Å². The monoisotopic (exact) mass is 393 g/mol. The summed E-state index contributed by atoms with van der Waals surface area (Å²) in [5.74, 6) is 0.659. The van der Waals surface area contributed by atoms with E-state index < -0.39 is 6.04 Å². The average Bonchev–Trinajstić information content (AvgIpc) is 3.13. The first-order chi connectivity index (χ1) is 12.6. The molecule has 1 saturated carbocycles. The van der Waals surface area contributed by atoms with Gasteiger partial charge in [-0.25, -0.2) is 0 Å². The Labute approximate surface area is 168 Å². The summed E-state index contributed by atoms with van der Waals surface area (Å²) in [6.45, 7) is 3.70.